The van der Waals surface area contributed by atoms with Crippen LogP contribution in [-0.2, 0) is 19.1 Å². The minimum atomic E-state index is -1.09. The molecule has 0 saturated carbocycles. The number of carbonyl (C=O) groups excluding carboxylic acids is 2. The summed E-state index contributed by atoms with van der Waals surface area (Å²) in [6.45, 7) is 3.04. The highest BCUT2D eigenvalue weighted by Crippen LogP contribution is 2.14. The summed E-state index contributed by atoms with van der Waals surface area (Å²) in [5.41, 5.74) is 0. The molecule has 1 saturated heterocycles. The zero-order valence-corrected chi connectivity index (χ0v) is 11.2. The predicted octanol–water partition coefficient (Wildman–Crippen LogP) is -0.539. The summed E-state index contributed by atoms with van der Waals surface area (Å²) in [4.78, 5) is 35.9. The molecule has 19 heavy (non-hydrogen) atoms. The summed E-state index contributed by atoms with van der Waals surface area (Å²) in [5, 5.41) is 11.4. The van der Waals surface area contributed by atoms with Gasteiger partial charge in [0.05, 0.1) is 6.42 Å². The van der Waals surface area contributed by atoms with Crippen LogP contribution in [0.5, 0.6) is 0 Å². The van der Waals surface area contributed by atoms with E-state index < -0.39 is 17.9 Å². The zero-order valence-electron chi connectivity index (χ0n) is 11.2. The Balaban J connectivity index is 2.68. The minimum Gasteiger partial charge on any atom is -0.481 e. The molecular formula is C12H20N2O5. The molecule has 108 valence electrons. The van der Waals surface area contributed by atoms with E-state index >= 15 is 0 Å². The van der Waals surface area contributed by atoms with Crippen molar-refractivity contribution in [3.8, 4) is 0 Å². The number of amides is 2. The number of aliphatic carboxylic acids is 1. The molecule has 7 heteroatoms. The number of rotatable bonds is 6. The maximum atomic E-state index is 12.1. The summed E-state index contributed by atoms with van der Waals surface area (Å²) >= 11 is 0. The molecule has 1 fully saturated rings. The van der Waals surface area contributed by atoms with Crippen LogP contribution in [0.2, 0.25) is 0 Å². The minimum absolute atomic E-state index is 0.0352. The maximum absolute atomic E-state index is 12.1. The number of hydrogen-bond donors (Lipinski definition) is 2. The summed E-state index contributed by atoms with van der Waals surface area (Å²) in [6, 6.07) is -0.909. The van der Waals surface area contributed by atoms with E-state index in [2.05, 4.69) is 5.32 Å². The number of ether oxygens (including phenoxy) is 1. The van der Waals surface area contributed by atoms with Crippen LogP contribution in [0, 0.1) is 5.92 Å². The molecule has 0 aromatic heterocycles. The molecule has 1 aliphatic rings. The molecule has 2 atom stereocenters. The van der Waals surface area contributed by atoms with E-state index in [0.717, 1.165) is 0 Å². The molecule has 2 amide bonds. The lowest BCUT2D eigenvalue weighted by atomic mass is 10.0. The number of methoxy groups -OCH3 is 1. The van der Waals surface area contributed by atoms with Gasteiger partial charge in [-0.25, -0.2) is 0 Å². The fourth-order valence-electron chi connectivity index (χ4n) is 2.14. The summed E-state index contributed by atoms with van der Waals surface area (Å²) in [7, 11) is 1.56. The molecule has 7 nitrogen and oxygen atoms in total. The van der Waals surface area contributed by atoms with Gasteiger partial charge in [0, 0.05) is 33.2 Å². The van der Waals surface area contributed by atoms with Crippen molar-refractivity contribution in [2.45, 2.75) is 25.8 Å². The van der Waals surface area contributed by atoms with Gasteiger partial charge in [-0.1, -0.05) is 6.92 Å². The zero-order chi connectivity index (χ0) is 14.4. The number of carboxylic acid groups (broad SMARTS) is 1. The normalized spacial score (nSPS) is 20.8. The van der Waals surface area contributed by atoms with Gasteiger partial charge in [-0.05, 0) is 5.92 Å². The Bertz CT molecular complexity index is 358. The van der Waals surface area contributed by atoms with Gasteiger partial charge >= 0.3 is 5.97 Å². The van der Waals surface area contributed by atoms with Crippen LogP contribution in [0.1, 0.15) is 19.8 Å². The van der Waals surface area contributed by atoms with Gasteiger partial charge in [0.2, 0.25) is 11.8 Å². The molecule has 0 bridgehead atoms. The summed E-state index contributed by atoms with van der Waals surface area (Å²) in [5.74, 6) is -1.66. The predicted molar refractivity (Wildman–Crippen MR) is 66.4 cm³/mol. The largest absolute Gasteiger partial charge is 0.481 e. The first-order valence-electron chi connectivity index (χ1n) is 6.23. The molecule has 0 aromatic rings. The first kappa shape index (κ1) is 15.4. The van der Waals surface area contributed by atoms with Crippen molar-refractivity contribution in [3.63, 3.8) is 0 Å². The fraction of sp³-hybridized carbons (Fsp3) is 0.750. The van der Waals surface area contributed by atoms with Crippen LogP contribution in [0.25, 0.3) is 0 Å². The standard InChI is InChI=1S/C12H20N2O5/c1-8(7-19-2)5-10(15)14-4-3-13-12(18)9(14)6-11(16)17/h8-9H,3-7H2,1-2H3,(H,13,18)(H,16,17). The van der Waals surface area contributed by atoms with Crippen molar-refractivity contribution in [2.24, 2.45) is 5.92 Å². The Hall–Kier alpha value is -1.63. The molecule has 0 aliphatic carbocycles. The summed E-state index contributed by atoms with van der Waals surface area (Å²) in [6.07, 6.45) is -0.118. The Labute approximate surface area is 111 Å². The van der Waals surface area contributed by atoms with Crippen LogP contribution in [-0.4, -0.2) is 60.6 Å². The molecule has 1 rings (SSSR count). The number of carboxylic acids is 1. The number of piperazine rings is 1. The van der Waals surface area contributed by atoms with Gasteiger partial charge < -0.3 is 20.1 Å². The lowest BCUT2D eigenvalue weighted by Gasteiger charge is -2.34. The number of carbonyl (C=O) groups is 3. The van der Waals surface area contributed by atoms with Gasteiger partial charge in [-0.3, -0.25) is 14.4 Å². The molecule has 1 heterocycles. The third kappa shape index (κ3) is 4.51. The van der Waals surface area contributed by atoms with E-state index in [9.17, 15) is 14.4 Å². The van der Waals surface area contributed by atoms with E-state index in [1.807, 2.05) is 6.92 Å². The molecule has 0 radical (unpaired) electrons. The van der Waals surface area contributed by atoms with Crippen molar-refractivity contribution >= 4 is 17.8 Å². The Morgan fingerprint density at radius 1 is 1.58 bits per heavy atom. The van der Waals surface area contributed by atoms with Gasteiger partial charge in [0.25, 0.3) is 0 Å². The third-order valence-corrected chi connectivity index (χ3v) is 2.99. The highest BCUT2D eigenvalue weighted by Gasteiger charge is 2.34. The first-order chi connectivity index (χ1) is 8.95. The third-order valence-electron chi connectivity index (χ3n) is 2.99. The smallest absolute Gasteiger partial charge is 0.305 e. The van der Waals surface area contributed by atoms with Gasteiger partial charge in [0.15, 0.2) is 0 Å². The number of nitrogens with one attached hydrogen (secondary N) is 1. The Morgan fingerprint density at radius 3 is 2.84 bits per heavy atom. The highest BCUT2D eigenvalue weighted by molar-refractivity contribution is 5.91. The monoisotopic (exact) mass is 272 g/mol. The van der Waals surface area contributed by atoms with Gasteiger partial charge in [-0.15, -0.1) is 0 Å². The topological polar surface area (TPSA) is 95.9 Å². The van der Waals surface area contributed by atoms with E-state index in [1.54, 1.807) is 7.11 Å². The molecular weight excluding hydrogens is 252 g/mol. The maximum Gasteiger partial charge on any atom is 0.305 e. The van der Waals surface area contributed by atoms with E-state index in [4.69, 9.17) is 9.84 Å². The molecule has 0 aromatic carbocycles. The molecule has 1 aliphatic heterocycles. The van der Waals surface area contributed by atoms with E-state index in [-0.39, 0.29) is 24.7 Å². The fourth-order valence-corrected chi connectivity index (χ4v) is 2.14. The first-order valence-corrected chi connectivity index (χ1v) is 6.23. The molecule has 2 N–H and O–H groups in total. The average Bonchev–Trinajstić information content (AvgIpc) is 2.31. The number of hydrogen-bond acceptors (Lipinski definition) is 4. The Morgan fingerprint density at radius 2 is 2.26 bits per heavy atom. The van der Waals surface area contributed by atoms with Crippen molar-refractivity contribution < 1.29 is 24.2 Å². The van der Waals surface area contributed by atoms with Crippen LogP contribution >= 0.6 is 0 Å². The Kier molecular flexibility index (Phi) is 5.75. The van der Waals surface area contributed by atoms with Crippen molar-refractivity contribution in [2.75, 3.05) is 26.8 Å². The second-order valence-electron chi connectivity index (χ2n) is 4.76. The van der Waals surface area contributed by atoms with Crippen LogP contribution in [0.15, 0.2) is 0 Å². The lowest BCUT2D eigenvalue weighted by molar-refractivity contribution is -0.149. The summed E-state index contributed by atoms with van der Waals surface area (Å²) < 4.78 is 4.96. The SMILES string of the molecule is COCC(C)CC(=O)N1CCNC(=O)C1CC(=O)O. The second-order valence-corrected chi connectivity index (χ2v) is 4.76. The van der Waals surface area contributed by atoms with E-state index in [1.165, 1.54) is 4.90 Å². The second kappa shape index (κ2) is 7.08. The van der Waals surface area contributed by atoms with Crippen molar-refractivity contribution in [1.29, 1.82) is 0 Å². The quantitative estimate of drug-likeness (QED) is 0.677. The van der Waals surface area contributed by atoms with Crippen LogP contribution < -0.4 is 5.32 Å². The highest BCUT2D eigenvalue weighted by atomic mass is 16.5. The number of nitrogens with zero attached hydrogens (tertiary/aromatic N) is 1. The van der Waals surface area contributed by atoms with Crippen molar-refractivity contribution in [1.82, 2.24) is 10.2 Å². The van der Waals surface area contributed by atoms with Crippen LogP contribution in [0.3, 0.4) is 0 Å². The van der Waals surface area contributed by atoms with Crippen LogP contribution in [0.4, 0.5) is 0 Å². The van der Waals surface area contributed by atoms with Crippen molar-refractivity contribution in [3.05, 3.63) is 0 Å². The van der Waals surface area contributed by atoms with Gasteiger partial charge in [-0.2, -0.15) is 0 Å². The molecule has 2 unspecified atom stereocenters. The molecule has 0 spiro atoms. The van der Waals surface area contributed by atoms with Gasteiger partial charge in [0.1, 0.15) is 6.04 Å². The average molecular weight is 272 g/mol. The van der Waals surface area contributed by atoms with E-state index in [0.29, 0.717) is 19.7 Å². The lowest BCUT2D eigenvalue weighted by Crippen LogP contribution is -2.58.